The van der Waals surface area contributed by atoms with E-state index < -0.39 is 0 Å². The van der Waals surface area contributed by atoms with Gasteiger partial charge in [-0.25, -0.2) is 4.99 Å². The van der Waals surface area contributed by atoms with Crippen molar-refractivity contribution in [1.82, 2.24) is 10.6 Å². The number of guanidine groups is 1. The largest absolute Gasteiger partial charge is 0.493 e. The molecule has 0 aromatic heterocycles. The molecule has 7 heteroatoms. The van der Waals surface area contributed by atoms with Crippen molar-refractivity contribution in [2.75, 3.05) is 33.4 Å². The van der Waals surface area contributed by atoms with Crippen LogP contribution >= 0.6 is 24.0 Å². The first-order valence-electron chi connectivity index (χ1n) is 10.1. The van der Waals surface area contributed by atoms with Crippen molar-refractivity contribution in [3.63, 3.8) is 0 Å². The molecular weight excluding hydrogens is 493 g/mol. The van der Waals surface area contributed by atoms with Crippen molar-refractivity contribution >= 4 is 29.9 Å². The lowest BCUT2D eigenvalue weighted by molar-refractivity contribution is 0.196. The van der Waals surface area contributed by atoms with Gasteiger partial charge in [-0.2, -0.15) is 0 Å². The fourth-order valence-electron chi connectivity index (χ4n) is 3.14. The highest BCUT2D eigenvalue weighted by molar-refractivity contribution is 14.0. The molecule has 0 aliphatic rings. The van der Waals surface area contributed by atoms with Gasteiger partial charge in [-0.3, -0.25) is 0 Å². The Bertz CT molecular complexity index is 792. The number of nitrogens with one attached hydrogen (secondary N) is 2. The van der Waals surface area contributed by atoms with Crippen molar-refractivity contribution in [3.05, 3.63) is 58.7 Å². The molecule has 2 aromatic carbocycles. The highest BCUT2D eigenvalue weighted by Crippen LogP contribution is 2.28. The van der Waals surface area contributed by atoms with Crippen LogP contribution in [-0.2, 0) is 13.0 Å². The molecule has 166 valence electrons. The van der Waals surface area contributed by atoms with Crippen LogP contribution in [0, 0.1) is 13.8 Å². The molecule has 0 amide bonds. The molecule has 30 heavy (non-hydrogen) atoms. The van der Waals surface area contributed by atoms with Gasteiger partial charge in [0.2, 0.25) is 0 Å². The predicted molar refractivity (Wildman–Crippen MR) is 133 cm³/mol. The number of nitrogens with zero attached hydrogens (tertiary/aromatic N) is 1. The molecule has 0 radical (unpaired) electrons. The maximum atomic E-state index is 8.91. The second kappa shape index (κ2) is 14.1. The maximum absolute atomic E-state index is 8.91. The molecular formula is C23H34IN3O3. The van der Waals surface area contributed by atoms with Crippen molar-refractivity contribution in [2.24, 2.45) is 4.99 Å². The number of rotatable bonds is 10. The Hall–Kier alpha value is -2.00. The molecule has 0 heterocycles. The summed E-state index contributed by atoms with van der Waals surface area (Å²) in [4.78, 5) is 4.68. The number of halogens is 1. The normalized spacial score (nSPS) is 10.9. The van der Waals surface area contributed by atoms with Crippen LogP contribution in [0.4, 0.5) is 0 Å². The van der Waals surface area contributed by atoms with Crippen LogP contribution in [0.1, 0.15) is 29.2 Å². The third-order valence-corrected chi connectivity index (χ3v) is 4.33. The average molecular weight is 527 g/mol. The minimum atomic E-state index is -0.0327. The van der Waals surface area contributed by atoms with Crippen LogP contribution < -0.4 is 20.1 Å². The monoisotopic (exact) mass is 527 g/mol. The van der Waals surface area contributed by atoms with Gasteiger partial charge in [-0.15, -0.1) is 24.0 Å². The molecule has 0 aliphatic heterocycles. The quantitative estimate of drug-likeness (QED) is 0.250. The lowest BCUT2D eigenvalue weighted by Crippen LogP contribution is -2.38. The lowest BCUT2D eigenvalue weighted by Gasteiger charge is -2.13. The number of hydrogen-bond donors (Lipinski definition) is 3. The summed E-state index contributed by atoms with van der Waals surface area (Å²) in [6.45, 7) is 8.65. The molecule has 0 unspecified atom stereocenters. The van der Waals surface area contributed by atoms with E-state index in [2.05, 4.69) is 54.6 Å². The summed E-state index contributed by atoms with van der Waals surface area (Å²) in [6.07, 6.45) is 0.942. The second-order valence-electron chi connectivity index (χ2n) is 6.93. The average Bonchev–Trinajstić information content (AvgIpc) is 2.70. The van der Waals surface area contributed by atoms with Gasteiger partial charge in [-0.1, -0.05) is 35.4 Å². The van der Waals surface area contributed by atoms with Crippen molar-refractivity contribution in [3.8, 4) is 11.5 Å². The number of aliphatic hydroxyl groups excluding tert-OH is 1. The van der Waals surface area contributed by atoms with Gasteiger partial charge >= 0.3 is 0 Å². The molecule has 0 saturated carbocycles. The minimum Gasteiger partial charge on any atom is -0.493 e. The zero-order valence-corrected chi connectivity index (χ0v) is 20.7. The predicted octanol–water partition coefficient (Wildman–Crippen LogP) is 3.60. The first-order chi connectivity index (χ1) is 14.0. The van der Waals surface area contributed by atoms with Gasteiger partial charge in [0.1, 0.15) is 6.61 Å². The van der Waals surface area contributed by atoms with Gasteiger partial charge in [0.05, 0.1) is 20.3 Å². The van der Waals surface area contributed by atoms with E-state index >= 15 is 0 Å². The van der Waals surface area contributed by atoms with E-state index in [9.17, 15) is 0 Å². The topological polar surface area (TPSA) is 75.1 Å². The first kappa shape index (κ1) is 26.0. The molecule has 2 rings (SSSR count). The van der Waals surface area contributed by atoms with Crippen LogP contribution in [0.25, 0.3) is 0 Å². The number of hydrogen-bond acceptors (Lipinski definition) is 4. The van der Waals surface area contributed by atoms with Gasteiger partial charge in [0.15, 0.2) is 17.5 Å². The first-order valence-corrected chi connectivity index (χ1v) is 10.1. The molecule has 0 spiro atoms. The number of aryl methyl sites for hydroxylation is 2. The van der Waals surface area contributed by atoms with Gasteiger partial charge < -0.3 is 25.2 Å². The van der Waals surface area contributed by atoms with Gasteiger partial charge in [-0.05, 0) is 50.5 Å². The summed E-state index contributed by atoms with van der Waals surface area (Å²) >= 11 is 0. The van der Waals surface area contributed by atoms with E-state index in [-0.39, 0.29) is 37.2 Å². The number of aliphatic imine (C=N–C) groups is 1. The van der Waals surface area contributed by atoms with E-state index in [0.29, 0.717) is 18.0 Å². The number of aliphatic hydroxyl groups is 1. The summed E-state index contributed by atoms with van der Waals surface area (Å²) < 4.78 is 10.9. The molecule has 0 aliphatic carbocycles. The summed E-state index contributed by atoms with van der Waals surface area (Å²) in [6, 6.07) is 12.4. The Morgan fingerprint density at radius 1 is 1.00 bits per heavy atom. The summed E-state index contributed by atoms with van der Waals surface area (Å²) in [5, 5.41) is 15.6. The third kappa shape index (κ3) is 8.79. The summed E-state index contributed by atoms with van der Waals surface area (Å²) in [5.41, 5.74) is 4.93. The van der Waals surface area contributed by atoms with Crippen LogP contribution in [0.15, 0.2) is 41.4 Å². The molecule has 0 atom stereocenters. The Labute approximate surface area is 197 Å². The fourth-order valence-corrected chi connectivity index (χ4v) is 3.14. The Morgan fingerprint density at radius 2 is 1.73 bits per heavy atom. The minimum absolute atomic E-state index is 0. The van der Waals surface area contributed by atoms with Crippen molar-refractivity contribution in [1.29, 1.82) is 0 Å². The zero-order chi connectivity index (χ0) is 21.1. The van der Waals surface area contributed by atoms with Crippen molar-refractivity contribution < 1.29 is 14.6 Å². The molecule has 6 nitrogen and oxygen atoms in total. The summed E-state index contributed by atoms with van der Waals surface area (Å²) in [5.74, 6) is 2.04. The lowest BCUT2D eigenvalue weighted by atomic mass is 10.1. The summed E-state index contributed by atoms with van der Waals surface area (Å²) in [7, 11) is 1.60. The third-order valence-electron chi connectivity index (χ3n) is 4.33. The SMILES string of the molecule is CCNC(=NCc1ccc(OCCO)c(OC)c1)NCCc1cc(C)cc(C)c1.I. The van der Waals surface area contributed by atoms with Crippen molar-refractivity contribution in [2.45, 2.75) is 33.7 Å². The number of methoxy groups -OCH3 is 1. The standard InChI is InChI=1S/C23H33N3O3.HI/c1-5-24-23(25-9-8-19-13-17(2)12-18(3)14-19)26-16-20-6-7-21(29-11-10-27)22(15-20)28-4;/h6-7,12-15,27H,5,8-11,16H2,1-4H3,(H2,24,25,26);1H. The molecule has 0 saturated heterocycles. The van der Waals surface area contributed by atoms with E-state index in [1.54, 1.807) is 7.11 Å². The van der Waals surface area contributed by atoms with Gasteiger partial charge in [0, 0.05) is 13.1 Å². The Morgan fingerprint density at radius 3 is 2.37 bits per heavy atom. The smallest absolute Gasteiger partial charge is 0.191 e. The number of ether oxygens (including phenoxy) is 2. The van der Waals surface area contributed by atoms with Crippen LogP contribution in [0.3, 0.4) is 0 Å². The molecule has 0 bridgehead atoms. The Balaban J connectivity index is 0.00000450. The molecule has 0 fully saturated rings. The number of benzene rings is 2. The van der Waals surface area contributed by atoms with E-state index in [0.717, 1.165) is 31.0 Å². The van der Waals surface area contributed by atoms with E-state index in [1.165, 1.54) is 16.7 Å². The van der Waals surface area contributed by atoms with E-state index in [4.69, 9.17) is 14.6 Å². The van der Waals surface area contributed by atoms with Crippen LogP contribution in [0.5, 0.6) is 11.5 Å². The van der Waals surface area contributed by atoms with Gasteiger partial charge in [0.25, 0.3) is 0 Å². The maximum Gasteiger partial charge on any atom is 0.191 e. The van der Waals surface area contributed by atoms with E-state index in [1.807, 2.05) is 18.2 Å². The Kier molecular flexibility index (Phi) is 12.2. The molecule has 2 aromatic rings. The highest BCUT2D eigenvalue weighted by atomic mass is 127. The fraction of sp³-hybridized carbons (Fsp3) is 0.435. The van der Waals surface area contributed by atoms with Crippen LogP contribution in [-0.4, -0.2) is 44.5 Å². The molecule has 3 N–H and O–H groups in total. The second-order valence-corrected chi connectivity index (χ2v) is 6.93. The highest BCUT2D eigenvalue weighted by Gasteiger charge is 2.06. The van der Waals surface area contributed by atoms with Crippen LogP contribution in [0.2, 0.25) is 0 Å². The zero-order valence-electron chi connectivity index (χ0n) is 18.3.